The van der Waals surface area contributed by atoms with Crippen LogP contribution in [0, 0.1) is 13.8 Å². The Kier molecular flexibility index (Phi) is 4.25. The Morgan fingerprint density at radius 3 is 2.57 bits per heavy atom. The molecule has 0 spiro atoms. The van der Waals surface area contributed by atoms with Gasteiger partial charge in [-0.2, -0.15) is 4.31 Å². The van der Waals surface area contributed by atoms with Crippen molar-refractivity contribution in [3.05, 3.63) is 23.3 Å². The molecule has 1 unspecified atom stereocenters. The van der Waals surface area contributed by atoms with Crippen molar-refractivity contribution in [2.45, 2.75) is 31.7 Å². The van der Waals surface area contributed by atoms with Crippen molar-refractivity contribution in [2.24, 2.45) is 0 Å². The van der Waals surface area contributed by atoms with E-state index in [0.29, 0.717) is 17.9 Å². The topological polar surface area (TPSA) is 75.7 Å². The summed E-state index contributed by atoms with van der Waals surface area (Å²) < 4.78 is 32.1. The third-order valence-electron chi connectivity index (χ3n) is 3.94. The lowest BCUT2D eigenvalue weighted by atomic mass is 10.1. The largest absolute Gasteiger partial charge is 0.496 e. The number of nitrogens with zero attached hydrogens (tertiary/aromatic N) is 1. The molecule has 0 aliphatic carbocycles. The number of ether oxygens (including phenoxy) is 1. The Hall–Kier alpha value is -1.60. The fourth-order valence-electron chi connectivity index (χ4n) is 2.49. The Morgan fingerprint density at radius 2 is 1.95 bits per heavy atom. The van der Waals surface area contributed by atoms with Crippen LogP contribution in [0.15, 0.2) is 17.0 Å². The molecule has 0 radical (unpaired) electrons. The maximum atomic E-state index is 12.8. The third-order valence-corrected chi connectivity index (χ3v) is 6.05. The second-order valence-electron chi connectivity index (χ2n) is 5.10. The van der Waals surface area contributed by atoms with Crippen molar-refractivity contribution in [2.75, 3.05) is 20.2 Å². The number of benzene rings is 1. The molecule has 1 aromatic rings. The van der Waals surface area contributed by atoms with E-state index in [9.17, 15) is 13.2 Å². The minimum Gasteiger partial charge on any atom is -0.496 e. The van der Waals surface area contributed by atoms with Crippen LogP contribution in [0.4, 0.5) is 0 Å². The van der Waals surface area contributed by atoms with Crippen LogP contribution in [0.5, 0.6) is 5.75 Å². The summed E-state index contributed by atoms with van der Waals surface area (Å²) in [4.78, 5) is 11.9. The lowest BCUT2D eigenvalue weighted by molar-refractivity contribution is -0.126. The molecular formula is C14H20N2O4S. The van der Waals surface area contributed by atoms with E-state index < -0.39 is 16.1 Å². The van der Waals surface area contributed by atoms with Gasteiger partial charge in [-0.15, -0.1) is 0 Å². The molecule has 1 aliphatic heterocycles. The second-order valence-corrected chi connectivity index (χ2v) is 6.96. The highest BCUT2D eigenvalue weighted by Gasteiger charge is 2.36. The summed E-state index contributed by atoms with van der Waals surface area (Å²) in [5.74, 6) is 0.378. The molecule has 1 saturated heterocycles. The van der Waals surface area contributed by atoms with Crippen LogP contribution in [0.1, 0.15) is 18.1 Å². The van der Waals surface area contributed by atoms with Gasteiger partial charge in [0.15, 0.2) is 0 Å². The second kappa shape index (κ2) is 5.65. The van der Waals surface area contributed by atoms with Crippen LogP contribution < -0.4 is 10.1 Å². The van der Waals surface area contributed by atoms with Crippen LogP contribution >= 0.6 is 0 Å². The van der Waals surface area contributed by atoms with Crippen molar-refractivity contribution in [3.8, 4) is 5.75 Å². The number of carbonyl (C=O) groups is 1. The van der Waals surface area contributed by atoms with Gasteiger partial charge in [0.1, 0.15) is 11.8 Å². The normalized spacial score (nSPS) is 20.2. The number of carbonyl (C=O) groups excluding carboxylic acids is 1. The summed E-state index contributed by atoms with van der Waals surface area (Å²) in [5, 5.41) is 2.66. The number of amides is 1. The number of nitrogens with one attached hydrogen (secondary N) is 1. The van der Waals surface area contributed by atoms with Gasteiger partial charge >= 0.3 is 0 Å². The minimum atomic E-state index is -3.71. The van der Waals surface area contributed by atoms with E-state index >= 15 is 0 Å². The van der Waals surface area contributed by atoms with Crippen molar-refractivity contribution < 1.29 is 17.9 Å². The molecule has 1 fully saturated rings. The van der Waals surface area contributed by atoms with E-state index in [1.165, 1.54) is 10.4 Å². The molecule has 6 nitrogen and oxygen atoms in total. The SMILES string of the molecule is COc1ccc(S(=O)(=O)N2CCNC(=O)C2C)c(C)c1C. The summed E-state index contributed by atoms with van der Waals surface area (Å²) in [6, 6.07) is 2.48. The summed E-state index contributed by atoms with van der Waals surface area (Å²) >= 11 is 0. The lowest BCUT2D eigenvalue weighted by Gasteiger charge is -2.32. The van der Waals surface area contributed by atoms with Gasteiger partial charge in [0.2, 0.25) is 15.9 Å². The highest BCUT2D eigenvalue weighted by Crippen LogP contribution is 2.29. The van der Waals surface area contributed by atoms with Crippen molar-refractivity contribution in [1.29, 1.82) is 0 Å². The zero-order valence-electron chi connectivity index (χ0n) is 12.6. The van der Waals surface area contributed by atoms with Crippen LogP contribution in [0.25, 0.3) is 0 Å². The monoisotopic (exact) mass is 312 g/mol. The summed E-state index contributed by atoms with van der Waals surface area (Å²) in [6.07, 6.45) is 0. The van der Waals surface area contributed by atoms with Crippen LogP contribution in [0.2, 0.25) is 0 Å². The molecule has 1 N–H and O–H groups in total. The first-order valence-electron chi connectivity index (χ1n) is 6.74. The number of hydrogen-bond acceptors (Lipinski definition) is 4. The first kappa shape index (κ1) is 15.8. The molecule has 116 valence electrons. The molecule has 1 aliphatic rings. The summed E-state index contributed by atoms with van der Waals surface area (Å²) in [5.41, 5.74) is 1.43. The molecular weight excluding hydrogens is 292 g/mol. The van der Waals surface area contributed by atoms with Crippen molar-refractivity contribution in [3.63, 3.8) is 0 Å². The van der Waals surface area contributed by atoms with Gasteiger partial charge in [0, 0.05) is 13.1 Å². The van der Waals surface area contributed by atoms with E-state index in [0.717, 1.165) is 5.56 Å². The summed E-state index contributed by atoms with van der Waals surface area (Å²) in [7, 11) is -2.16. The smallest absolute Gasteiger partial charge is 0.244 e. The van der Waals surface area contributed by atoms with Crippen LogP contribution in [-0.4, -0.2) is 44.9 Å². The van der Waals surface area contributed by atoms with E-state index in [1.807, 2.05) is 6.92 Å². The predicted octanol–water partition coefficient (Wildman–Crippen LogP) is 0.821. The standard InChI is InChI=1S/C14H20N2O4S/c1-9-10(2)13(6-5-12(9)20-4)21(18,19)16-8-7-15-14(17)11(16)3/h5-6,11H,7-8H2,1-4H3,(H,15,17). The number of hydrogen-bond donors (Lipinski definition) is 1. The molecule has 0 aromatic heterocycles. The van der Waals surface area contributed by atoms with Crippen LogP contribution in [0.3, 0.4) is 0 Å². The summed E-state index contributed by atoms with van der Waals surface area (Å²) in [6.45, 7) is 5.77. The van der Waals surface area contributed by atoms with Gasteiger partial charge in [-0.25, -0.2) is 8.42 Å². The maximum Gasteiger partial charge on any atom is 0.244 e. The first-order valence-corrected chi connectivity index (χ1v) is 8.18. The number of piperazine rings is 1. The van der Waals surface area contributed by atoms with Gasteiger partial charge in [-0.1, -0.05) is 0 Å². The Balaban J connectivity index is 2.49. The fraction of sp³-hybridized carbons (Fsp3) is 0.500. The van der Waals surface area contributed by atoms with Crippen LogP contribution in [-0.2, 0) is 14.8 Å². The predicted molar refractivity (Wildman–Crippen MR) is 78.8 cm³/mol. The fourth-order valence-corrected chi connectivity index (χ4v) is 4.36. The Labute approximate surface area is 125 Å². The van der Waals surface area contributed by atoms with E-state index in [1.54, 1.807) is 27.0 Å². The van der Waals surface area contributed by atoms with E-state index in [2.05, 4.69) is 5.32 Å². The molecule has 1 aromatic carbocycles. The van der Waals surface area contributed by atoms with Gasteiger partial charge in [-0.3, -0.25) is 4.79 Å². The zero-order valence-corrected chi connectivity index (χ0v) is 13.5. The molecule has 21 heavy (non-hydrogen) atoms. The zero-order chi connectivity index (χ0) is 15.8. The van der Waals surface area contributed by atoms with Crippen molar-refractivity contribution >= 4 is 15.9 Å². The number of rotatable bonds is 3. The average molecular weight is 312 g/mol. The van der Waals surface area contributed by atoms with Gasteiger partial charge < -0.3 is 10.1 Å². The molecule has 7 heteroatoms. The molecule has 1 heterocycles. The number of methoxy groups -OCH3 is 1. The highest BCUT2D eigenvalue weighted by atomic mass is 32.2. The van der Waals surface area contributed by atoms with Gasteiger partial charge in [0.25, 0.3) is 0 Å². The van der Waals surface area contributed by atoms with Gasteiger partial charge in [-0.05, 0) is 44.0 Å². The molecule has 0 bridgehead atoms. The van der Waals surface area contributed by atoms with Crippen molar-refractivity contribution in [1.82, 2.24) is 9.62 Å². The quantitative estimate of drug-likeness (QED) is 0.896. The average Bonchev–Trinajstić information content (AvgIpc) is 2.44. The Bertz CT molecular complexity index is 670. The van der Waals surface area contributed by atoms with E-state index in [4.69, 9.17) is 4.74 Å². The first-order chi connectivity index (χ1) is 9.80. The lowest BCUT2D eigenvalue weighted by Crippen LogP contribution is -2.55. The highest BCUT2D eigenvalue weighted by molar-refractivity contribution is 7.89. The third kappa shape index (κ3) is 2.63. The molecule has 1 atom stereocenters. The molecule has 1 amide bonds. The minimum absolute atomic E-state index is 0.224. The van der Waals surface area contributed by atoms with E-state index in [-0.39, 0.29) is 17.3 Å². The Morgan fingerprint density at radius 1 is 1.29 bits per heavy atom. The number of sulfonamides is 1. The molecule has 2 rings (SSSR count). The molecule has 0 saturated carbocycles. The maximum absolute atomic E-state index is 12.8. The van der Waals surface area contributed by atoms with Gasteiger partial charge in [0.05, 0.1) is 12.0 Å².